The number of benzene rings is 1. The van der Waals surface area contributed by atoms with Crippen LogP contribution in [-0.4, -0.2) is 58.6 Å². The van der Waals surface area contributed by atoms with E-state index in [1.807, 2.05) is 11.5 Å². The summed E-state index contributed by atoms with van der Waals surface area (Å²) in [5, 5.41) is 5.16. The van der Waals surface area contributed by atoms with Crippen LogP contribution in [-0.2, 0) is 22.4 Å². The molecule has 0 radical (unpaired) electrons. The molecule has 0 bridgehead atoms. The van der Waals surface area contributed by atoms with Crippen molar-refractivity contribution in [3.05, 3.63) is 57.1 Å². The van der Waals surface area contributed by atoms with E-state index in [-0.39, 0.29) is 23.6 Å². The Morgan fingerprint density at radius 2 is 2.00 bits per heavy atom. The van der Waals surface area contributed by atoms with Gasteiger partial charge in [-0.25, -0.2) is 9.37 Å². The summed E-state index contributed by atoms with van der Waals surface area (Å²) in [7, 11) is 0. The topological polar surface area (TPSA) is 82.6 Å². The third-order valence-corrected chi connectivity index (χ3v) is 8.22. The van der Waals surface area contributed by atoms with Gasteiger partial charge >= 0.3 is 0 Å². The molecule has 0 saturated carbocycles. The Labute approximate surface area is 215 Å². The van der Waals surface area contributed by atoms with Crippen LogP contribution in [0, 0.1) is 12.7 Å². The second kappa shape index (κ2) is 10.6. The second-order valence-corrected chi connectivity index (χ2v) is 10.7. The summed E-state index contributed by atoms with van der Waals surface area (Å²) in [4.78, 5) is 20.8. The van der Waals surface area contributed by atoms with E-state index < -0.39 is 0 Å². The van der Waals surface area contributed by atoms with Crippen molar-refractivity contribution in [3.8, 4) is 0 Å². The molecule has 2 fully saturated rings. The van der Waals surface area contributed by atoms with Crippen LogP contribution in [0.3, 0.4) is 0 Å². The van der Waals surface area contributed by atoms with E-state index in [4.69, 9.17) is 19.0 Å². The molecular formula is C28H35FN4O4. The van der Waals surface area contributed by atoms with Crippen molar-refractivity contribution in [1.82, 2.24) is 19.6 Å². The lowest BCUT2D eigenvalue weighted by atomic mass is 9.91. The molecule has 2 unspecified atom stereocenters. The van der Waals surface area contributed by atoms with Crippen molar-refractivity contribution in [1.29, 1.82) is 0 Å². The first-order chi connectivity index (χ1) is 18.1. The van der Waals surface area contributed by atoms with Crippen molar-refractivity contribution in [2.45, 2.75) is 76.5 Å². The summed E-state index contributed by atoms with van der Waals surface area (Å²) in [6.07, 6.45) is 6.40. The minimum absolute atomic E-state index is 0.0847. The monoisotopic (exact) mass is 510 g/mol. The second-order valence-electron chi connectivity index (χ2n) is 10.7. The number of halogens is 1. The summed E-state index contributed by atoms with van der Waals surface area (Å²) in [6.45, 7) is 6.77. The molecule has 2 atom stereocenters. The molecule has 0 N–H and O–H groups in total. The van der Waals surface area contributed by atoms with Gasteiger partial charge in [0.15, 0.2) is 5.58 Å². The predicted octanol–water partition coefficient (Wildman–Crippen LogP) is 4.28. The number of fused-ring (bicyclic) bond motifs is 2. The largest absolute Gasteiger partial charge is 0.379 e. The minimum Gasteiger partial charge on any atom is -0.379 e. The van der Waals surface area contributed by atoms with Crippen molar-refractivity contribution in [3.63, 3.8) is 0 Å². The summed E-state index contributed by atoms with van der Waals surface area (Å²) >= 11 is 0. The first kappa shape index (κ1) is 24.7. The number of nitrogens with zero attached hydrogens (tertiary/aromatic N) is 4. The fourth-order valence-corrected chi connectivity index (χ4v) is 6.14. The zero-order chi connectivity index (χ0) is 25.4. The molecule has 37 heavy (non-hydrogen) atoms. The summed E-state index contributed by atoms with van der Waals surface area (Å²) in [6, 6.07) is 4.62. The minimum atomic E-state index is -0.310. The highest BCUT2D eigenvalue weighted by Gasteiger charge is 2.30. The highest BCUT2D eigenvalue weighted by atomic mass is 19.1. The summed E-state index contributed by atoms with van der Waals surface area (Å²) in [5.74, 6) is 0.769. The van der Waals surface area contributed by atoms with Crippen LogP contribution in [0.5, 0.6) is 0 Å². The predicted molar refractivity (Wildman–Crippen MR) is 136 cm³/mol. The molecule has 0 spiro atoms. The lowest BCUT2D eigenvalue weighted by Crippen LogP contribution is -2.38. The van der Waals surface area contributed by atoms with Gasteiger partial charge in [0.2, 0.25) is 0 Å². The number of rotatable bonds is 6. The molecule has 8 nitrogen and oxygen atoms in total. The average Bonchev–Trinajstić information content (AvgIpc) is 3.33. The van der Waals surface area contributed by atoms with Crippen LogP contribution in [0.25, 0.3) is 11.0 Å². The van der Waals surface area contributed by atoms with Crippen LogP contribution in [0.1, 0.15) is 73.3 Å². The molecule has 5 heterocycles. The van der Waals surface area contributed by atoms with Gasteiger partial charge in [0, 0.05) is 48.3 Å². The van der Waals surface area contributed by atoms with Gasteiger partial charge in [0.1, 0.15) is 17.7 Å². The van der Waals surface area contributed by atoms with Gasteiger partial charge < -0.3 is 18.9 Å². The van der Waals surface area contributed by atoms with Crippen LogP contribution in [0.15, 0.2) is 27.5 Å². The smallest absolute Gasteiger partial charge is 0.257 e. The zero-order valence-electron chi connectivity index (χ0n) is 21.5. The molecule has 0 amide bonds. The Morgan fingerprint density at radius 1 is 1.14 bits per heavy atom. The van der Waals surface area contributed by atoms with Gasteiger partial charge in [-0.05, 0) is 77.1 Å². The summed E-state index contributed by atoms with van der Waals surface area (Å²) in [5.41, 5.74) is 3.17. The molecule has 3 aromatic rings. The Hall–Kier alpha value is -2.62. The van der Waals surface area contributed by atoms with Gasteiger partial charge in [-0.1, -0.05) is 5.16 Å². The standard InChI is InChI=1S/C28H35FN4O4/c1-18-22(28(34)33-11-2-5-24(27(33)30-18)36-21-4-3-15-35-17-21)10-14-32-12-8-19(9-13-32)26-23-7-6-20(29)16-25(23)37-31-26/h6-7,16,19,21,24H,2-5,8-15,17H2,1H3. The number of hydrogen-bond donors (Lipinski definition) is 0. The summed E-state index contributed by atoms with van der Waals surface area (Å²) < 4.78 is 32.7. The highest BCUT2D eigenvalue weighted by Crippen LogP contribution is 2.33. The molecule has 198 valence electrons. The van der Waals surface area contributed by atoms with E-state index in [1.54, 1.807) is 6.07 Å². The SMILES string of the molecule is Cc1nc2n(c(=O)c1CCN1CCC(c3noc4cc(F)ccc34)CC1)CCCC2OC1CCCOC1. The fraction of sp³-hybridized carbons (Fsp3) is 0.607. The number of hydrogen-bond acceptors (Lipinski definition) is 7. The Balaban J connectivity index is 1.09. The van der Waals surface area contributed by atoms with E-state index in [2.05, 4.69) is 10.1 Å². The van der Waals surface area contributed by atoms with Crippen LogP contribution >= 0.6 is 0 Å². The normalized spacial score (nSPS) is 23.4. The van der Waals surface area contributed by atoms with Crippen molar-refractivity contribution in [2.75, 3.05) is 32.8 Å². The lowest BCUT2D eigenvalue weighted by molar-refractivity contribution is -0.0950. The first-order valence-corrected chi connectivity index (χ1v) is 13.7. The fourth-order valence-electron chi connectivity index (χ4n) is 6.14. The van der Waals surface area contributed by atoms with Gasteiger partial charge in [-0.15, -0.1) is 0 Å². The van der Waals surface area contributed by atoms with Crippen molar-refractivity contribution < 1.29 is 18.4 Å². The molecular weight excluding hydrogens is 475 g/mol. The Kier molecular flexibility index (Phi) is 7.10. The lowest BCUT2D eigenvalue weighted by Gasteiger charge is -2.32. The molecule has 2 saturated heterocycles. The Bertz CT molecular complexity index is 1310. The van der Waals surface area contributed by atoms with E-state index in [9.17, 15) is 9.18 Å². The molecule has 2 aromatic heterocycles. The molecule has 6 rings (SSSR count). The maximum Gasteiger partial charge on any atom is 0.257 e. The third-order valence-electron chi connectivity index (χ3n) is 8.22. The van der Waals surface area contributed by atoms with Crippen molar-refractivity contribution >= 4 is 11.0 Å². The van der Waals surface area contributed by atoms with Crippen LogP contribution < -0.4 is 5.56 Å². The molecule has 9 heteroatoms. The molecule has 3 aliphatic rings. The van der Waals surface area contributed by atoms with Crippen molar-refractivity contribution in [2.24, 2.45) is 0 Å². The van der Waals surface area contributed by atoms with Crippen LogP contribution in [0.4, 0.5) is 4.39 Å². The first-order valence-electron chi connectivity index (χ1n) is 13.7. The zero-order valence-corrected chi connectivity index (χ0v) is 21.5. The number of ether oxygens (including phenoxy) is 2. The van der Waals surface area contributed by atoms with E-state index in [0.29, 0.717) is 31.1 Å². The number of piperidine rings is 1. The van der Waals surface area contributed by atoms with E-state index >= 15 is 0 Å². The maximum atomic E-state index is 13.5. The average molecular weight is 511 g/mol. The quantitative estimate of drug-likeness (QED) is 0.489. The highest BCUT2D eigenvalue weighted by molar-refractivity contribution is 5.79. The van der Waals surface area contributed by atoms with E-state index in [1.165, 1.54) is 12.1 Å². The van der Waals surface area contributed by atoms with Gasteiger partial charge in [-0.3, -0.25) is 9.36 Å². The number of aromatic nitrogens is 3. The molecule has 3 aliphatic heterocycles. The van der Waals surface area contributed by atoms with Crippen LogP contribution in [0.2, 0.25) is 0 Å². The van der Waals surface area contributed by atoms with Gasteiger partial charge in [-0.2, -0.15) is 0 Å². The van der Waals surface area contributed by atoms with Gasteiger partial charge in [0.25, 0.3) is 5.56 Å². The van der Waals surface area contributed by atoms with E-state index in [0.717, 1.165) is 92.9 Å². The maximum absolute atomic E-state index is 13.5. The molecule has 0 aliphatic carbocycles. The number of aryl methyl sites for hydroxylation is 1. The third kappa shape index (κ3) is 5.09. The molecule has 1 aromatic carbocycles. The van der Waals surface area contributed by atoms with Gasteiger partial charge in [0.05, 0.1) is 18.4 Å². The Morgan fingerprint density at radius 3 is 2.81 bits per heavy atom. The number of likely N-dealkylation sites (tertiary alicyclic amines) is 1.